The van der Waals surface area contributed by atoms with Crippen molar-refractivity contribution >= 4 is 55.3 Å². The minimum atomic E-state index is -3.74. The average molecular weight is 550 g/mol. The van der Waals surface area contributed by atoms with Gasteiger partial charge in [0.2, 0.25) is 5.95 Å². The topological polar surface area (TPSA) is 95.3 Å². The standard InChI is InChI=1S/C21H19IN4O4S/c1-29-11-12-30-16-9-7-15(8-10-16)24-21-23-13-19-20(25-21)18(22)14-26(19)31(27,28)17-5-3-2-4-6-17/h2-10,13-14H,11-12H2,1H3,(H,23,24,25). The molecule has 0 radical (unpaired) electrons. The van der Waals surface area contributed by atoms with E-state index >= 15 is 0 Å². The van der Waals surface area contributed by atoms with Gasteiger partial charge in [0.15, 0.2) is 0 Å². The fourth-order valence-electron chi connectivity index (χ4n) is 2.92. The highest BCUT2D eigenvalue weighted by atomic mass is 127. The molecule has 0 aliphatic rings. The van der Waals surface area contributed by atoms with Crippen LogP contribution in [0.4, 0.5) is 11.6 Å². The predicted molar refractivity (Wildman–Crippen MR) is 126 cm³/mol. The number of anilines is 2. The molecule has 2 heterocycles. The number of hydrogen-bond donors (Lipinski definition) is 1. The van der Waals surface area contributed by atoms with Gasteiger partial charge in [-0.3, -0.25) is 0 Å². The lowest BCUT2D eigenvalue weighted by Crippen LogP contribution is -2.12. The first-order chi connectivity index (χ1) is 15.0. The van der Waals surface area contributed by atoms with Crippen LogP contribution in [0.25, 0.3) is 11.0 Å². The summed E-state index contributed by atoms with van der Waals surface area (Å²) in [5.74, 6) is 1.10. The monoisotopic (exact) mass is 550 g/mol. The summed E-state index contributed by atoms with van der Waals surface area (Å²) in [4.78, 5) is 9.03. The Morgan fingerprint density at radius 1 is 1.06 bits per heavy atom. The fourth-order valence-corrected chi connectivity index (χ4v) is 5.15. The summed E-state index contributed by atoms with van der Waals surface area (Å²) in [7, 11) is -2.12. The van der Waals surface area contributed by atoms with Gasteiger partial charge in [-0.15, -0.1) is 0 Å². The summed E-state index contributed by atoms with van der Waals surface area (Å²) < 4.78 is 38.5. The molecular formula is C21H19IN4O4S. The Morgan fingerprint density at radius 2 is 1.81 bits per heavy atom. The summed E-state index contributed by atoms with van der Waals surface area (Å²) in [5, 5.41) is 3.13. The molecule has 0 bridgehead atoms. The van der Waals surface area contributed by atoms with Gasteiger partial charge in [0, 0.05) is 19.0 Å². The smallest absolute Gasteiger partial charge is 0.268 e. The van der Waals surface area contributed by atoms with Crippen LogP contribution in [-0.2, 0) is 14.8 Å². The second-order valence-corrected chi connectivity index (χ2v) is 9.49. The Labute approximate surface area is 193 Å². The summed E-state index contributed by atoms with van der Waals surface area (Å²) >= 11 is 2.08. The molecule has 31 heavy (non-hydrogen) atoms. The molecule has 0 spiro atoms. The predicted octanol–water partition coefficient (Wildman–Crippen LogP) is 4.04. The van der Waals surface area contributed by atoms with Crippen molar-refractivity contribution in [1.82, 2.24) is 13.9 Å². The Bertz CT molecular complexity index is 1290. The molecular weight excluding hydrogens is 531 g/mol. The second-order valence-electron chi connectivity index (χ2n) is 6.51. The number of nitrogens with one attached hydrogen (secondary N) is 1. The van der Waals surface area contributed by atoms with E-state index in [4.69, 9.17) is 9.47 Å². The van der Waals surface area contributed by atoms with Gasteiger partial charge in [0.1, 0.15) is 23.4 Å². The number of benzene rings is 2. The van der Waals surface area contributed by atoms with Gasteiger partial charge in [0.05, 0.1) is 21.3 Å². The van der Waals surface area contributed by atoms with Gasteiger partial charge < -0.3 is 14.8 Å². The van der Waals surface area contributed by atoms with E-state index in [1.807, 2.05) is 24.3 Å². The zero-order valence-electron chi connectivity index (χ0n) is 16.5. The number of hydrogen-bond acceptors (Lipinski definition) is 7. The van der Waals surface area contributed by atoms with Gasteiger partial charge in [-0.1, -0.05) is 18.2 Å². The fraction of sp³-hybridized carbons (Fsp3) is 0.143. The molecule has 2 aromatic carbocycles. The number of ether oxygens (including phenoxy) is 2. The maximum absolute atomic E-state index is 13.0. The van der Waals surface area contributed by atoms with Crippen LogP contribution >= 0.6 is 22.6 Å². The van der Waals surface area contributed by atoms with Crippen molar-refractivity contribution in [2.75, 3.05) is 25.6 Å². The van der Waals surface area contributed by atoms with E-state index in [0.717, 1.165) is 11.4 Å². The van der Waals surface area contributed by atoms with Crippen molar-refractivity contribution in [3.05, 3.63) is 70.6 Å². The maximum Gasteiger partial charge on any atom is 0.268 e. The molecule has 4 rings (SSSR count). The molecule has 0 aliphatic carbocycles. The van der Waals surface area contributed by atoms with Crippen LogP contribution in [0.1, 0.15) is 0 Å². The summed E-state index contributed by atoms with van der Waals surface area (Å²) in [6, 6.07) is 15.7. The third-order valence-corrected chi connectivity index (χ3v) is 6.91. The molecule has 4 aromatic rings. The summed E-state index contributed by atoms with van der Waals surface area (Å²) in [6.07, 6.45) is 3.06. The van der Waals surface area contributed by atoms with Crippen molar-refractivity contribution in [2.24, 2.45) is 0 Å². The molecule has 0 saturated carbocycles. The van der Waals surface area contributed by atoms with Crippen molar-refractivity contribution in [3.63, 3.8) is 0 Å². The number of nitrogens with zero attached hydrogens (tertiary/aromatic N) is 3. The van der Waals surface area contributed by atoms with E-state index < -0.39 is 10.0 Å². The largest absolute Gasteiger partial charge is 0.491 e. The van der Waals surface area contributed by atoms with Crippen LogP contribution in [0.5, 0.6) is 5.75 Å². The Morgan fingerprint density at radius 3 is 2.52 bits per heavy atom. The second kappa shape index (κ2) is 9.20. The Balaban J connectivity index is 1.59. The van der Waals surface area contributed by atoms with E-state index in [0.29, 0.717) is 33.8 Å². The van der Waals surface area contributed by atoms with Gasteiger partial charge in [-0.2, -0.15) is 0 Å². The molecule has 160 valence electrons. The van der Waals surface area contributed by atoms with Crippen LogP contribution in [0.15, 0.2) is 71.9 Å². The van der Waals surface area contributed by atoms with E-state index in [9.17, 15) is 8.42 Å². The minimum Gasteiger partial charge on any atom is -0.491 e. The highest BCUT2D eigenvalue weighted by molar-refractivity contribution is 14.1. The zero-order chi connectivity index (χ0) is 21.8. The van der Waals surface area contributed by atoms with Gasteiger partial charge in [-0.25, -0.2) is 22.4 Å². The molecule has 2 aromatic heterocycles. The van der Waals surface area contributed by atoms with E-state index in [1.165, 1.54) is 10.2 Å². The summed E-state index contributed by atoms with van der Waals surface area (Å²) in [5.41, 5.74) is 1.75. The first-order valence-corrected chi connectivity index (χ1v) is 11.8. The van der Waals surface area contributed by atoms with Crippen LogP contribution in [-0.4, -0.2) is 42.7 Å². The van der Waals surface area contributed by atoms with Crippen LogP contribution in [0.3, 0.4) is 0 Å². The maximum atomic E-state index is 13.0. The van der Waals surface area contributed by atoms with Crippen LogP contribution < -0.4 is 10.1 Å². The van der Waals surface area contributed by atoms with E-state index in [2.05, 4.69) is 37.9 Å². The lowest BCUT2D eigenvalue weighted by molar-refractivity contribution is 0.146. The van der Waals surface area contributed by atoms with Gasteiger partial charge >= 0.3 is 0 Å². The van der Waals surface area contributed by atoms with Gasteiger partial charge in [-0.05, 0) is 59.0 Å². The number of methoxy groups -OCH3 is 1. The molecule has 0 amide bonds. The Hall–Kier alpha value is -2.70. The molecule has 0 saturated heterocycles. The van der Waals surface area contributed by atoms with E-state index in [1.54, 1.807) is 43.6 Å². The van der Waals surface area contributed by atoms with Crippen molar-refractivity contribution in [2.45, 2.75) is 4.90 Å². The molecule has 0 unspecified atom stereocenters. The van der Waals surface area contributed by atoms with Crippen LogP contribution in [0.2, 0.25) is 0 Å². The number of aromatic nitrogens is 3. The number of rotatable bonds is 8. The zero-order valence-corrected chi connectivity index (χ0v) is 19.5. The molecule has 10 heteroatoms. The first-order valence-electron chi connectivity index (χ1n) is 9.32. The van der Waals surface area contributed by atoms with Gasteiger partial charge in [0.25, 0.3) is 10.0 Å². The van der Waals surface area contributed by atoms with Crippen molar-refractivity contribution < 1.29 is 17.9 Å². The number of fused-ring (bicyclic) bond motifs is 1. The first kappa shape index (κ1) is 21.5. The highest BCUT2D eigenvalue weighted by Crippen LogP contribution is 2.27. The van der Waals surface area contributed by atoms with Crippen LogP contribution in [0, 0.1) is 3.57 Å². The minimum absolute atomic E-state index is 0.207. The molecule has 1 N–H and O–H groups in total. The lowest BCUT2D eigenvalue weighted by Gasteiger charge is -2.09. The molecule has 0 fully saturated rings. The van der Waals surface area contributed by atoms with Crippen molar-refractivity contribution in [1.29, 1.82) is 0 Å². The lowest BCUT2D eigenvalue weighted by atomic mass is 10.3. The molecule has 8 nitrogen and oxygen atoms in total. The third-order valence-electron chi connectivity index (χ3n) is 4.43. The molecule has 0 aliphatic heterocycles. The third kappa shape index (κ3) is 4.65. The number of halogens is 1. The van der Waals surface area contributed by atoms with E-state index in [-0.39, 0.29) is 4.90 Å². The normalized spacial score (nSPS) is 11.5. The van der Waals surface area contributed by atoms with Crippen molar-refractivity contribution in [3.8, 4) is 5.75 Å². The summed E-state index contributed by atoms with van der Waals surface area (Å²) in [6.45, 7) is 0.997. The SMILES string of the molecule is COCCOc1ccc(Nc2ncc3c(n2)c(I)cn3S(=O)(=O)c2ccccc2)cc1. The Kier molecular flexibility index (Phi) is 6.39. The average Bonchev–Trinajstić information content (AvgIpc) is 3.12. The quantitative estimate of drug-likeness (QED) is 0.261. The highest BCUT2D eigenvalue weighted by Gasteiger charge is 2.21. The molecule has 0 atom stereocenters.